The summed E-state index contributed by atoms with van der Waals surface area (Å²) >= 11 is 1.10. The number of hydrogen-bond donors (Lipinski definition) is 2. The molecule has 31 heavy (non-hydrogen) atoms. The molecule has 0 unspecified atom stereocenters. The van der Waals surface area contributed by atoms with E-state index in [0.29, 0.717) is 34.8 Å². The third kappa shape index (κ3) is 4.97. The first-order valence-corrected chi connectivity index (χ1v) is 12.4. The second kappa shape index (κ2) is 9.21. The Hall–Kier alpha value is -2.69. The van der Waals surface area contributed by atoms with E-state index in [1.165, 1.54) is 16.4 Å². The number of hydrogen-bond acceptors (Lipinski definition) is 6. The van der Waals surface area contributed by atoms with E-state index in [-0.39, 0.29) is 22.1 Å². The van der Waals surface area contributed by atoms with Gasteiger partial charge in [0.05, 0.1) is 21.6 Å². The maximum absolute atomic E-state index is 12.8. The Morgan fingerprint density at radius 1 is 1.10 bits per heavy atom. The number of aromatic nitrogens is 2. The van der Waals surface area contributed by atoms with Crippen molar-refractivity contribution in [1.29, 1.82) is 0 Å². The van der Waals surface area contributed by atoms with Crippen molar-refractivity contribution in [2.45, 2.75) is 29.3 Å². The summed E-state index contributed by atoms with van der Waals surface area (Å²) in [5.41, 5.74) is 0.706. The average Bonchev–Trinajstić information content (AvgIpc) is 2.78. The zero-order valence-electron chi connectivity index (χ0n) is 16.7. The number of anilines is 1. The van der Waals surface area contributed by atoms with Crippen LogP contribution in [0, 0.1) is 0 Å². The van der Waals surface area contributed by atoms with Crippen molar-refractivity contribution in [3.05, 3.63) is 58.9 Å². The molecule has 2 N–H and O–H groups in total. The number of fused-ring (bicyclic) bond motifs is 1. The Bertz CT molecular complexity index is 1270. The van der Waals surface area contributed by atoms with Gasteiger partial charge >= 0.3 is 0 Å². The van der Waals surface area contributed by atoms with E-state index in [4.69, 9.17) is 0 Å². The third-order valence-corrected chi connectivity index (χ3v) is 7.77. The summed E-state index contributed by atoms with van der Waals surface area (Å²) in [6.45, 7) is 1.04. The van der Waals surface area contributed by atoms with E-state index in [2.05, 4.69) is 15.3 Å². The number of nitrogens with one attached hydrogen (secondary N) is 2. The fourth-order valence-electron chi connectivity index (χ4n) is 3.45. The Morgan fingerprint density at radius 3 is 2.68 bits per heavy atom. The number of nitrogens with zero attached hydrogens (tertiary/aromatic N) is 2. The number of aromatic amines is 1. The van der Waals surface area contributed by atoms with Crippen LogP contribution in [-0.2, 0) is 14.8 Å². The summed E-state index contributed by atoms with van der Waals surface area (Å²) in [6, 6.07) is 13.3. The van der Waals surface area contributed by atoms with E-state index < -0.39 is 10.0 Å². The smallest absolute Gasteiger partial charge is 0.259 e. The zero-order chi connectivity index (χ0) is 21.8. The van der Waals surface area contributed by atoms with Crippen LogP contribution in [0.4, 0.5) is 5.69 Å². The zero-order valence-corrected chi connectivity index (χ0v) is 18.3. The van der Waals surface area contributed by atoms with Gasteiger partial charge in [-0.15, -0.1) is 0 Å². The van der Waals surface area contributed by atoms with Crippen molar-refractivity contribution < 1.29 is 13.2 Å². The van der Waals surface area contributed by atoms with Crippen LogP contribution in [0.15, 0.2) is 63.4 Å². The van der Waals surface area contributed by atoms with Crippen LogP contribution in [-0.4, -0.2) is 47.4 Å². The number of thioether (sulfide) groups is 1. The number of H-pyrrole nitrogens is 1. The minimum atomic E-state index is -3.57. The van der Waals surface area contributed by atoms with E-state index in [1.807, 2.05) is 0 Å². The average molecular weight is 459 g/mol. The lowest BCUT2D eigenvalue weighted by atomic mass is 10.2. The van der Waals surface area contributed by atoms with Crippen LogP contribution in [0.2, 0.25) is 0 Å². The van der Waals surface area contributed by atoms with Gasteiger partial charge < -0.3 is 10.3 Å². The molecule has 8 nitrogen and oxygen atoms in total. The van der Waals surface area contributed by atoms with Crippen LogP contribution < -0.4 is 10.9 Å². The molecule has 1 aliphatic rings. The van der Waals surface area contributed by atoms with Gasteiger partial charge in [-0.25, -0.2) is 13.4 Å². The van der Waals surface area contributed by atoms with Crippen LogP contribution in [0.25, 0.3) is 10.9 Å². The molecule has 1 amide bonds. The van der Waals surface area contributed by atoms with Crippen LogP contribution in [0.5, 0.6) is 0 Å². The van der Waals surface area contributed by atoms with Crippen molar-refractivity contribution in [2.75, 3.05) is 24.2 Å². The number of para-hydroxylation sites is 1. The number of benzene rings is 2. The molecular formula is C21H22N4O4S2. The molecule has 3 aromatic rings. The predicted octanol–water partition coefficient (Wildman–Crippen LogP) is 2.83. The second-order valence-electron chi connectivity index (χ2n) is 7.22. The third-order valence-electron chi connectivity index (χ3n) is 5.00. The standard InChI is InChI=1S/C21H22N4O4S2/c26-19(14-30-21-23-18-10-3-2-9-17(18)20(27)24-21)22-15-7-6-8-16(13-15)31(28,29)25-11-4-1-5-12-25/h2-3,6-10,13H,1,4-5,11-12,14H2,(H,22,26)(H,23,24,27). The number of amides is 1. The van der Waals surface area contributed by atoms with Gasteiger partial charge in [0.25, 0.3) is 5.56 Å². The molecule has 2 heterocycles. The highest BCUT2D eigenvalue weighted by molar-refractivity contribution is 7.99. The van der Waals surface area contributed by atoms with E-state index >= 15 is 0 Å². The lowest BCUT2D eigenvalue weighted by Gasteiger charge is -2.26. The number of rotatable bonds is 6. The second-order valence-corrected chi connectivity index (χ2v) is 10.1. The van der Waals surface area contributed by atoms with E-state index in [0.717, 1.165) is 31.0 Å². The van der Waals surface area contributed by atoms with E-state index in [1.54, 1.807) is 36.4 Å². The molecule has 0 bridgehead atoms. The van der Waals surface area contributed by atoms with Crippen molar-refractivity contribution in [1.82, 2.24) is 14.3 Å². The number of piperidine rings is 1. The predicted molar refractivity (Wildman–Crippen MR) is 121 cm³/mol. The van der Waals surface area contributed by atoms with Gasteiger partial charge in [-0.3, -0.25) is 9.59 Å². The highest BCUT2D eigenvalue weighted by Crippen LogP contribution is 2.23. The molecule has 1 aromatic heterocycles. The van der Waals surface area contributed by atoms with Crippen molar-refractivity contribution in [3.63, 3.8) is 0 Å². The van der Waals surface area contributed by atoms with Gasteiger partial charge in [-0.05, 0) is 43.2 Å². The molecule has 0 radical (unpaired) electrons. The molecule has 1 aliphatic heterocycles. The molecule has 0 atom stereocenters. The Labute approximate surface area is 184 Å². The normalized spacial score (nSPS) is 15.1. The largest absolute Gasteiger partial charge is 0.325 e. The molecule has 2 aromatic carbocycles. The van der Waals surface area contributed by atoms with Gasteiger partial charge in [-0.2, -0.15) is 4.31 Å². The Balaban J connectivity index is 1.42. The molecular weight excluding hydrogens is 436 g/mol. The van der Waals surface area contributed by atoms with Crippen LogP contribution in [0.3, 0.4) is 0 Å². The minimum Gasteiger partial charge on any atom is -0.325 e. The SMILES string of the molecule is O=C(CSc1nc2ccccc2c(=O)[nH]1)Nc1cccc(S(=O)(=O)N2CCCCC2)c1. The lowest BCUT2D eigenvalue weighted by Crippen LogP contribution is -2.35. The molecule has 0 aliphatic carbocycles. The summed E-state index contributed by atoms with van der Waals surface area (Å²) in [6.07, 6.45) is 2.76. The molecule has 0 spiro atoms. The summed E-state index contributed by atoms with van der Waals surface area (Å²) in [7, 11) is -3.57. The summed E-state index contributed by atoms with van der Waals surface area (Å²) in [5, 5.41) is 3.55. The summed E-state index contributed by atoms with van der Waals surface area (Å²) < 4.78 is 27.2. The number of carbonyl (C=O) groups excluding carboxylic acids is 1. The minimum absolute atomic E-state index is 0.0182. The van der Waals surface area contributed by atoms with Crippen LogP contribution in [0.1, 0.15) is 19.3 Å². The topological polar surface area (TPSA) is 112 Å². The first kappa shape index (κ1) is 21.5. The Kier molecular flexibility index (Phi) is 6.40. The molecule has 162 valence electrons. The van der Waals surface area contributed by atoms with Crippen molar-refractivity contribution in [2.24, 2.45) is 0 Å². The molecule has 0 saturated carbocycles. The molecule has 10 heteroatoms. The first-order valence-electron chi connectivity index (χ1n) is 9.95. The maximum atomic E-state index is 12.8. The first-order chi connectivity index (χ1) is 14.9. The Morgan fingerprint density at radius 2 is 1.87 bits per heavy atom. The van der Waals surface area contributed by atoms with Gasteiger partial charge in [0.2, 0.25) is 15.9 Å². The van der Waals surface area contributed by atoms with E-state index in [9.17, 15) is 18.0 Å². The number of carbonyl (C=O) groups is 1. The quantitative estimate of drug-likeness (QED) is 0.434. The van der Waals surface area contributed by atoms with Gasteiger partial charge in [0.1, 0.15) is 0 Å². The van der Waals surface area contributed by atoms with Crippen LogP contribution >= 0.6 is 11.8 Å². The summed E-state index contributed by atoms with van der Waals surface area (Å²) in [4.78, 5) is 31.7. The lowest BCUT2D eigenvalue weighted by molar-refractivity contribution is -0.113. The highest BCUT2D eigenvalue weighted by atomic mass is 32.2. The monoisotopic (exact) mass is 458 g/mol. The van der Waals surface area contributed by atoms with Gasteiger partial charge in [0, 0.05) is 18.8 Å². The molecule has 1 saturated heterocycles. The highest BCUT2D eigenvalue weighted by Gasteiger charge is 2.26. The molecule has 1 fully saturated rings. The maximum Gasteiger partial charge on any atom is 0.259 e. The number of sulfonamides is 1. The van der Waals surface area contributed by atoms with Gasteiger partial charge in [-0.1, -0.05) is 36.4 Å². The van der Waals surface area contributed by atoms with Crippen molar-refractivity contribution >= 4 is 44.3 Å². The van der Waals surface area contributed by atoms with Gasteiger partial charge in [0.15, 0.2) is 5.16 Å². The van der Waals surface area contributed by atoms with Crippen molar-refractivity contribution in [3.8, 4) is 0 Å². The summed E-state index contributed by atoms with van der Waals surface area (Å²) in [5.74, 6) is -0.307. The molecule has 4 rings (SSSR count). The fourth-order valence-corrected chi connectivity index (χ4v) is 5.68. The fraction of sp³-hybridized carbons (Fsp3) is 0.286.